The second-order valence-electron chi connectivity index (χ2n) is 6.07. The Morgan fingerprint density at radius 2 is 1.86 bits per heavy atom. The van der Waals surface area contributed by atoms with Gasteiger partial charge in [0.25, 0.3) is 10.0 Å². The second kappa shape index (κ2) is 6.97. The Balaban J connectivity index is 1.61. The summed E-state index contributed by atoms with van der Waals surface area (Å²) in [5.74, 6) is -0.599. The summed E-state index contributed by atoms with van der Waals surface area (Å²) >= 11 is 0. The summed E-state index contributed by atoms with van der Waals surface area (Å²) in [7, 11) is -2.68. The van der Waals surface area contributed by atoms with E-state index in [9.17, 15) is 12.8 Å². The predicted molar refractivity (Wildman–Crippen MR) is 104 cm³/mol. The lowest BCUT2D eigenvalue weighted by molar-refractivity contribution is 0.401. The first-order valence-electron chi connectivity index (χ1n) is 8.37. The number of nitrogens with one attached hydrogen (secondary N) is 1. The summed E-state index contributed by atoms with van der Waals surface area (Å²) in [6.07, 6.45) is 3.80. The number of hydrogen-bond donors (Lipinski definition) is 1. The van der Waals surface area contributed by atoms with Crippen LogP contribution in [0.1, 0.15) is 0 Å². The third-order valence-electron chi connectivity index (χ3n) is 4.21. The first kappa shape index (κ1) is 18.0. The van der Waals surface area contributed by atoms with E-state index in [1.54, 1.807) is 24.3 Å². The van der Waals surface area contributed by atoms with Crippen molar-refractivity contribution in [2.75, 3.05) is 11.8 Å². The minimum atomic E-state index is -4.01. The van der Waals surface area contributed by atoms with Crippen molar-refractivity contribution in [1.82, 2.24) is 9.38 Å². The fourth-order valence-electron chi connectivity index (χ4n) is 2.85. The number of sulfonamides is 1. The molecule has 0 spiro atoms. The maximum atomic E-state index is 13.5. The van der Waals surface area contributed by atoms with Gasteiger partial charge in [0.1, 0.15) is 22.1 Å². The number of aromatic nitrogens is 2. The highest BCUT2D eigenvalue weighted by molar-refractivity contribution is 7.92. The molecule has 6 nitrogen and oxygen atoms in total. The molecule has 0 amide bonds. The van der Waals surface area contributed by atoms with Gasteiger partial charge in [-0.15, -0.1) is 0 Å². The van der Waals surface area contributed by atoms with Crippen LogP contribution in [0.5, 0.6) is 5.75 Å². The van der Waals surface area contributed by atoms with E-state index in [4.69, 9.17) is 4.74 Å². The minimum absolute atomic E-state index is 0.0650. The van der Waals surface area contributed by atoms with E-state index in [0.29, 0.717) is 5.69 Å². The number of anilines is 1. The van der Waals surface area contributed by atoms with Gasteiger partial charge in [-0.25, -0.2) is 17.8 Å². The largest absolute Gasteiger partial charge is 0.495 e. The summed E-state index contributed by atoms with van der Waals surface area (Å²) in [5.41, 5.74) is 2.78. The second-order valence-corrected chi connectivity index (χ2v) is 7.72. The molecule has 8 heteroatoms. The van der Waals surface area contributed by atoms with Crippen molar-refractivity contribution in [2.24, 2.45) is 0 Å². The number of rotatable bonds is 5. The average Bonchev–Trinajstić information content (AvgIpc) is 3.12. The Morgan fingerprint density at radius 1 is 1.07 bits per heavy atom. The highest BCUT2D eigenvalue weighted by Crippen LogP contribution is 2.27. The summed E-state index contributed by atoms with van der Waals surface area (Å²) in [4.78, 5) is 4.27. The van der Waals surface area contributed by atoms with Crippen LogP contribution in [0, 0.1) is 5.82 Å². The lowest BCUT2D eigenvalue weighted by Crippen LogP contribution is -2.14. The van der Waals surface area contributed by atoms with Gasteiger partial charge in [0.05, 0.1) is 12.8 Å². The summed E-state index contributed by atoms with van der Waals surface area (Å²) < 4.78 is 48.2. The Hall–Kier alpha value is -3.39. The van der Waals surface area contributed by atoms with Crippen molar-refractivity contribution in [3.63, 3.8) is 0 Å². The first-order chi connectivity index (χ1) is 13.5. The van der Waals surface area contributed by atoms with Crippen molar-refractivity contribution < 1.29 is 17.5 Å². The normalized spacial score (nSPS) is 11.5. The highest BCUT2D eigenvalue weighted by Gasteiger charge is 2.20. The zero-order valence-electron chi connectivity index (χ0n) is 14.8. The number of fused-ring (bicyclic) bond motifs is 1. The Morgan fingerprint density at radius 3 is 2.57 bits per heavy atom. The monoisotopic (exact) mass is 397 g/mol. The molecule has 142 valence electrons. The molecule has 2 aromatic heterocycles. The quantitative estimate of drug-likeness (QED) is 0.553. The highest BCUT2D eigenvalue weighted by atomic mass is 32.2. The molecule has 0 bridgehead atoms. The SMILES string of the molecule is COc1ccc(F)cc1S(=O)(=O)Nc1ccc(-c2cn3ccccc3n2)cc1. The third-order valence-corrected chi connectivity index (χ3v) is 5.61. The minimum Gasteiger partial charge on any atom is -0.495 e. The van der Waals surface area contributed by atoms with Crippen LogP contribution in [-0.2, 0) is 10.0 Å². The van der Waals surface area contributed by atoms with E-state index in [0.717, 1.165) is 29.0 Å². The zero-order valence-corrected chi connectivity index (χ0v) is 15.7. The Bertz CT molecular complexity index is 1220. The fourth-order valence-corrected chi connectivity index (χ4v) is 4.09. The molecular formula is C20H16FN3O3S. The van der Waals surface area contributed by atoms with Gasteiger partial charge >= 0.3 is 0 Å². The molecule has 0 aliphatic heterocycles. The molecule has 0 fully saturated rings. The molecular weight excluding hydrogens is 381 g/mol. The molecule has 4 rings (SSSR count). The molecule has 0 saturated heterocycles. The van der Waals surface area contributed by atoms with Crippen LogP contribution in [-0.4, -0.2) is 24.9 Å². The number of ether oxygens (including phenoxy) is 1. The van der Waals surface area contributed by atoms with Crippen molar-refractivity contribution in [1.29, 1.82) is 0 Å². The number of imidazole rings is 1. The molecule has 28 heavy (non-hydrogen) atoms. The number of hydrogen-bond acceptors (Lipinski definition) is 4. The number of pyridine rings is 1. The lowest BCUT2D eigenvalue weighted by Gasteiger charge is -2.12. The van der Waals surface area contributed by atoms with Gasteiger partial charge < -0.3 is 9.14 Å². The Labute approximate surface area is 161 Å². The molecule has 0 saturated carbocycles. The van der Waals surface area contributed by atoms with Gasteiger partial charge in [-0.05, 0) is 42.5 Å². The average molecular weight is 397 g/mol. The van der Waals surface area contributed by atoms with Crippen LogP contribution >= 0.6 is 0 Å². The molecule has 0 radical (unpaired) electrons. The lowest BCUT2D eigenvalue weighted by atomic mass is 10.1. The van der Waals surface area contributed by atoms with Crippen LogP contribution in [0.3, 0.4) is 0 Å². The number of halogens is 1. The van der Waals surface area contributed by atoms with Gasteiger partial charge in [-0.2, -0.15) is 0 Å². The van der Waals surface area contributed by atoms with Crippen LogP contribution in [0.15, 0.2) is 78.0 Å². The van der Waals surface area contributed by atoms with Crippen molar-refractivity contribution in [3.05, 3.63) is 78.9 Å². The molecule has 0 aliphatic carbocycles. The maximum Gasteiger partial charge on any atom is 0.265 e. The number of nitrogens with zero attached hydrogens (tertiary/aromatic N) is 2. The summed E-state index contributed by atoms with van der Waals surface area (Å²) in [5, 5.41) is 0. The molecule has 0 aliphatic rings. The van der Waals surface area contributed by atoms with E-state index in [2.05, 4.69) is 9.71 Å². The zero-order chi connectivity index (χ0) is 19.7. The van der Waals surface area contributed by atoms with Gasteiger partial charge in [0.15, 0.2) is 0 Å². The third kappa shape index (κ3) is 3.41. The first-order valence-corrected chi connectivity index (χ1v) is 9.85. The number of benzene rings is 2. The van der Waals surface area contributed by atoms with E-state index >= 15 is 0 Å². The van der Waals surface area contributed by atoms with Crippen LogP contribution in [0.2, 0.25) is 0 Å². The van der Waals surface area contributed by atoms with Crippen molar-refractivity contribution in [3.8, 4) is 17.0 Å². The van der Waals surface area contributed by atoms with Gasteiger partial charge in [-0.1, -0.05) is 18.2 Å². The smallest absolute Gasteiger partial charge is 0.265 e. The molecule has 4 aromatic rings. The van der Waals surface area contributed by atoms with E-state index in [1.165, 1.54) is 13.2 Å². The molecule has 1 N–H and O–H groups in total. The standard InChI is InChI=1S/C20H16FN3O3S/c1-27-18-10-7-15(21)12-19(18)28(25,26)23-16-8-5-14(6-9-16)17-13-24-11-3-2-4-20(24)22-17/h2-13,23H,1H3. The summed E-state index contributed by atoms with van der Waals surface area (Å²) in [6.45, 7) is 0. The molecule has 2 aromatic carbocycles. The summed E-state index contributed by atoms with van der Waals surface area (Å²) in [6, 6.07) is 15.8. The molecule has 0 atom stereocenters. The van der Waals surface area contributed by atoms with Crippen molar-refractivity contribution in [2.45, 2.75) is 4.90 Å². The van der Waals surface area contributed by atoms with Crippen LogP contribution in [0.25, 0.3) is 16.9 Å². The molecule has 0 unspecified atom stereocenters. The van der Waals surface area contributed by atoms with Gasteiger partial charge in [0, 0.05) is 23.6 Å². The maximum absolute atomic E-state index is 13.5. The number of methoxy groups -OCH3 is 1. The van der Waals surface area contributed by atoms with Gasteiger partial charge in [-0.3, -0.25) is 4.72 Å². The van der Waals surface area contributed by atoms with Crippen molar-refractivity contribution >= 4 is 21.4 Å². The van der Waals surface area contributed by atoms with Crippen LogP contribution < -0.4 is 9.46 Å². The topological polar surface area (TPSA) is 72.7 Å². The van der Waals surface area contributed by atoms with E-state index in [1.807, 2.05) is 35.0 Å². The van der Waals surface area contributed by atoms with Crippen LogP contribution in [0.4, 0.5) is 10.1 Å². The van der Waals surface area contributed by atoms with Gasteiger partial charge in [0.2, 0.25) is 0 Å². The van der Waals surface area contributed by atoms with E-state index in [-0.39, 0.29) is 10.6 Å². The molecule has 2 heterocycles. The Kier molecular flexibility index (Phi) is 4.48. The fraction of sp³-hybridized carbons (Fsp3) is 0.0500. The predicted octanol–water partition coefficient (Wildman–Crippen LogP) is 3.95. The van der Waals surface area contributed by atoms with E-state index < -0.39 is 15.8 Å².